The smallest absolute Gasteiger partial charge is 0.225 e. The second-order valence-corrected chi connectivity index (χ2v) is 5.27. The molecule has 1 aliphatic rings. The van der Waals surface area contributed by atoms with E-state index < -0.39 is 0 Å². The van der Waals surface area contributed by atoms with Crippen LogP contribution in [0.5, 0.6) is 0 Å². The molecule has 2 atom stereocenters. The van der Waals surface area contributed by atoms with Crippen LogP contribution in [0.1, 0.15) is 34.6 Å². The summed E-state index contributed by atoms with van der Waals surface area (Å²) in [4.78, 5) is 14.1. The van der Waals surface area contributed by atoms with Gasteiger partial charge in [0, 0.05) is 31.1 Å². The maximum atomic E-state index is 12.1. The zero-order valence-corrected chi connectivity index (χ0v) is 10.6. The lowest BCUT2D eigenvalue weighted by atomic mass is 9.97. The summed E-state index contributed by atoms with van der Waals surface area (Å²) in [5, 5.41) is 3.44. The molecule has 0 radical (unpaired) electrons. The zero-order chi connectivity index (χ0) is 11.6. The van der Waals surface area contributed by atoms with E-state index in [2.05, 4.69) is 31.0 Å². The van der Waals surface area contributed by atoms with Crippen molar-refractivity contribution >= 4 is 5.91 Å². The molecule has 0 aromatic heterocycles. The predicted octanol–water partition coefficient (Wildman–Crippen LogP) is 1.49. The first-order chi connectivity index (χ1) is 6.93. The Morgan fingerprint density at radius 3 is 2.40 bits per heavy atom. The van der Waals surface area contributed by atoms with Crippen LogP contribution >= 0.6 is 0 Å². The summed E-state index contributed by atoms with van der Waals surface area (Å²) >= 11 is 0. The van der Waals surface area contributed by atoms with Crippen LogP contribution in [-0.2, 0) is 4.79 Å². The van der Waals surface area contributed by atoms with Crippen LogP contribution in [-0.4, -0.2) is 36.0 Å². The minimum atomic E-state index is 0.108. The molecule has 1 aliphatic heterocycles. The molecule has 3 heteroatoms. The number of carbonyl (C=O) groups excluding carboxylic acids is 1. The van der Waals surface area contributed by atoms with E-state index in [1.807, 2.05) is 13.8 Å². The molecule has 1 fully saturated rings. The quantitative estimate of drug-likeness (QED) is 0.752. The number of carbonyl (C=O) groups is 1. The van der Waals surface area contributed by atoms with Crippen LogP contribution in [0.2, 0.25) is 0 Å². The molecule has 0 bridgehead atoms. The number of nitrogens with zero attached hydrogens (tertiary/aromatic N) is 1. The Kier molecular flexibility index (Phi) is 4.14. The maximum absolute atomic E-state index is 12.1. The largest absolute Gasteiger partial charge is 0.336 e. The summed E-state index contributed by atoms with van der Waals surface area (Å²) in [5.41, 5.74) is 0. The fraction of sp³-hybridized carbons (Fsp3) is 0.917. The highest BCUT2D eigenvalue weighted by Crippen LogP contribution is 2.17. The lowest BCUT2D eigenvalue weighted by Crippen LogP contribution is -2.59. The number of hydrogen-bond donors (Lipinski definition) is 1. The van der Waals surface area contributed by atoms with E-state index >= 15 is 0 Å². The van der Waals surface area contributed by atoms with Gasteiger partial charge < -0.3 is 10.2 Å². The molecule has 1 N–H and O–H groups in total. The Hall–Kier alpha value is -0.570. The third kappa shape index (κ3) is 2.94. The van der Waals surface area contributed by atoms with Crippen molar-refractivity contribution in [2.24, 2.45) is 11.8 Å². The molecule has 2 unspecified atom stereocenters. The van der Waals surface area contributed by atoms with E-state index in [0.717, 1.165) is 13.1 Å². The Balaban J connectivity index is 2.74. The highest BCUT2D eigenvalue weighted by atomic mass is 16.2. The van der Waals surface area contributed by atoms with Gasteiger partial charge in [-0.15, -0.1) is 0 Å². The highest BCUT2D eigenvalue weighted by molar-refractivity contribution is 5.78. The van der Waals surface area contributed by atoms with Crippen molar-refractivity contribution < 1.29 is 4.79 Å². The summed E-state index contributed by atoms with van der Waals surface area (Å²) in [5.74, 6) is 0.922. The number of rotatable bonds is 2. The topological polar surface area (TPSA) is 32.3 Å². The fourth-order valence-corrected chi connectivity index (χ4v) is 2.11. The molecule has 15 heavy (non-hydrogen) atoms. The molecule has 0 aromatic carbocycles. The third-order valence-electron chi connectivity index (χ3n) is 3.09. The van der Waals surface area contributed by atoms with Crippen molar-refractivity contribution in [2.75, 3.05) is 13.1 Å². The van der Waals surface area contributed by atoms with Crippen molar-refractivity contribution in [3.05, 3.63) is 0 Å². The normalized spacial score (nSPS) is 27.5. The van der Waals surface area contributed by atoms with Crippen LogP contribution in [0.3, 0.4) is 0 Å². The monoisotopic (exact) mass is 212 g/mol. The van der Waals surface area contributed by atoms with Gasteiger partial charge in [0.1, 0.15) is 0 Å². The van der Waals surface area contributed by atoms with E-state index in [4.69, 9.17) is 0 Å². The van der Waals surface area contributed by atoms with Gasteiger partial charge in [-0.05, 0) is 12.8 Å². The Morgan fingerprint density at radius 1 is 1.33 bits per heavy atom. The molecule has 0 spiro atoms. The third-order valence-corrected chi connectivity index (χ3v) is 3.09. The molecule has 88 valence electrons. The summed E-state index contributed by atoms with van der Waals surface area (Å²) in [6.07, 6.45) is 0. The summed E-state index contributed by atoms with van der Waals surface area (Å²) in [7, 11) is 0. The van der Waals surface area contributed by atoms with Crippen LogP contribution < -0.4 is 5.32 Å². The van der Waals surface area contributed by atoms with Crippen molar-refractivity contribution in [3.63, 3.8) is 0 Å². The average molecular weight is 212 g/mol. The van der Waals surface area contributed by atoms with Crippen LogP contribution in [0, 0.1) is 11.8 Å². The van der Waals surface area contributed by atoms with Gasteiger partial charge in [0.15, 0.2) is 0 Å². The van der Waals surface area contributed by atoms with Crippen LogP contribution in [0.15, 0.2) is 0 Å². The SMILES string of the molecule is CC1CN(C(=O)C(C)C)C(C(C)C)CN1. The minimum Gasteiger partial charge on any atom is -0.336 e. The van der Waals surface area contributed by atoms with Gasteiger partial charge in [0.05, 0.1) is 0 Å². The number of amides is 1. The minimum absolute atomic E-state index is 0.108. The number of hydrogen-bond acceptors (Lipinski definition) is 2. The first-order valence-electron chi connectivity index (χ1n) is 5.97. The molecule has 1 rings (SSSR count). The molecule has 0 aliphatic carbocycles. The van der Waals surface area contributed by atoms with Gasteiger partial charge >= 0.3 is 0 Å². The Morgan fingerprint density at radius 2 is 1.93 bits per heavy atom. The molecular formula is C12H24N2O. The first kappa shape index (κ1) is 12.5. The van der Waals surface area contributed by atoms with Gasteiger partial charge in [0.25, 0.3) is 0 Å². The van der Waals surface area contributed by atoms with Gasteiger partial charge in [-0.2, -0.15) is 0 Å². The van der Waals surface area contributed by atoms with Gasteiger partial charge in [-0.1, -0.05) is 27.7 Å². The van der Waals surface area contributed by atoms with Gasteiger partial charge in [-0.25, -0.2) is 0 Å². The van der Waals surface area contributed by atoms with E-state index in [9.17, 15) is 4.79 Å². The predicted molar refractivity (Wildman–Crippen MR) is 62.6 cm³/mol. The standard InChI is InChI=1S/C12H24N2O/c1-8(2)11-6-13-10(5)7-14(11)12(15)9(3)4/h8-11,13H,6-7H2,1-5H3. The molecule has 3 nitrogen and oxygen atoms in total. The zero-order valence-electron chi connectivity index (χ0n) is 10.6. The lowest BCUT2D eigenvalue weighted by molar-refractivity contribution is -0.139. The van der Waals surface area contributed by atoms with Crippen molar-refractivity contribution in [3.8, 4) is 0 Å². The lowest BCUT2D eigenvalue weighted by Gasteiger charge is -2.42. The van der Waals surface area contributed by atoms with Crippen molar-refractivity contribution in [2.45, 2.75) is 46.7 Å². The fourth-order valence-electron chi connectivity index (χ4n) is 2.11. The summed E-state index contributed by atoms with van der Waals surface area (Å²) in [6, 6.07) is 0.777. The Labute approximate surface area is 93.2 Å². The van der Waals surface area contributed by atoms with E-state index in [0.29, 0.717) is 23.9 Å². The molecule has 1 amide bonds. The van der Waals surface area contributed by atoms with Crippen LogP contribution in [0.25, 0.3) is 0 Å². The summed E-state index contributed by atoms with van der Waals surface area (Å²) < 4.78 is 0. The average Bonchev–Trinajstić information content (AvgIpc) is 2.15. The van der Waals surface area contributed by atoms with E-state index in [-0.39, 0.29) is 5.92 Å². The Bertz CT molecular complexity index is 226. The first-order valence-corrected chi connectivity index (χ1v) is 5.97. The second-order valence-electron chi connectivity index (χ2n) is 5.27. The van der Waals surface area contributed by atoms with E-state index in [1.54, 1.807) is 0 Å². The molecule has 1 heterocycles. The molecule has 0 aromatic rings. The molecule has 0 saturated carbocycles. The van der Waals surface area contributed by atoms with Gasteiger partial charge in [0.2, 0.25) is 5.91 Å². The number of piperazine rings is 1. The molecule has 1 saturated heterocycles. The molecular weight excluding hydrogens is 188 g/mol. The van der Waals surface area contributed by atoms with Gasteiger partial charge in [-0.3, -0.25) is 4.79 Å². The van der Waals surface area contributed by atoms with Crippen molar-refractivity contribution in [1.82, 2.24) is 10.2 Å². The van der Waals surface area contributed by atoms with Crippen molar-refractivity contribution in [1.29, 1.82) is 0 Å². The maximum Gasteiger partial charge on any atom is 0.225 e. The van der Waals surface area contributed by atoms with E-state index in [1.165, 1.54) is 0 Å². The number of nitrogens with one attached hydrogen (secondary N) is 1. The highest BCUT2D eigenvalue weighted by Gasteiger charge is 2.32. The second kappa shape index (κ2) is 4.97. The summed E-state index contributed by atoms with van der Waals surface area (Å²) in [6.45, 7) is 12.2. The van der Waals surface area contributed by atoms with Crippen LogP contribution in [0.4, 0.5) is 0 Å².